The highest BCUT2D eigenvalue weighted by Crippen LogP contribution is 2.40. The van der Waals surface area contributed by atoms with Crippen LogP contribution in [-0.2, 0) is 0 Å². The maximum atomic E-state index is 14.0. The number of benzene rings is 2. The third-order valence-electron chi connectivity index (χ3n) is 3.50. The van der Waals surface area contributed by atoms with Crippen molar-refractivity contribution in [2.75, 3.05) is 0 Å². The SMILES string of the molecule is CC(C)c1cc(F)cc(Oc2cccc(F)c2C(C)C)c1O. The molecule has 0 aliphatic heterocycles. The molecule has 2 aromatic rings. The Kier molecular flexibility index (Phi) is 4.69. The van der Waals surface area contributed by atoms with Crippen LogP contribution in [0.4, 0.5) is 8.78 Å². The summed E-state index contributed by atoms with van der Waals surface area (Å²) in [4.78, 5) is 0. The van der Waals surface area contributed by atoms with E-state index in [4.69, 9.17) is 4.74 Å². The largest absolute Gasteiger partial charge is 0.504 e. The molecule has 0 heterocycles. The summed E-state index contributed by atoms with van der Waals surface area (Å²) in [6, 6.07) is 6.87. The lowest BCUT2D eigenvalue weighted by Crippen LogP contribution is -1.99. The fourth-order valence-electron chi connectivity index (χ4n) is 2.40. The fourth-order valence-corrected chi connectivity index (χ4v) is 2.40. The summed E-state index contributed by atoms with van der Waals surface area (Å²) in [6.07, 6.45) is 0. The molecule has 0 atom stereocenters. The van der Waals surface area contributed by atoms with Crippen LogP contribution in [0.25, 0.3) is 0 Å². The Hall–Kier alpha value is -2.10. The lowest BCUT2D eigenvalue weighted by Gasteiger charge is -2.17. The summed E-state index contributed by atoms with van der Waals surface area (Å²) in [5, 5.41) is 10.3. The van der Waals surface area contributed by atoms with Gasteiger partial charge in [-0.3, -0.25) is 0 Å². The number of phenolic OH excluding ortho intramolecular Hbond substituents is 1. The zero-order chi connectivity index (χ0) is 16.4. The summed E-state index contributed by atoms with van der Waals surface area (Å²) < 4.78 is 33.3. The van der Waals surface area contributed by atoms with Crippen LogP contribution in [0.1, 0.15) is 50.7 Å². The van der Waals surface area contributed by atoms with E-state index in [2.05, 4.69) is 0 Å². The van der Waals surface area contributed by atoms with Gasteiger partial charge in [-0.25, -0.2) is 8.78 Å². The molecular weight excluding hydrogens is 286 g/mol. The maximum Gasteiger partial charge on any atom is 0.172 e. The molecule has 0 unspecified atom stereocenters. The van der Waals surface area contributed by atoms with Crippen LogP contribution in [0.2, 0.25) is 0 Å². The molecule has 1 N–H and O–H groups in total. The van der Waals surface area contributed by atoms with Crippen LogP contribution in [0.5, 0.6) is 17.2 Å². The Balaban J connectivity index is 2.51. The van der Waals surface area contributed by atoms with Crippen molar-refractivity contribution in [1.82, 2.24) is 0 Å². The van der Waals surface area contributed by atoms with Crippen molar-refractivity contribution >= 4 is 0 Å². The van der Waals surface area contributed by atoms with E-state index >= 15 is 0 Å². The lowest BCUT2D eigenvalue weighted by molar-refractivity contribution is 0.395. The van der Waals surface area contributed by atoms with Crippen molar-refractivity contribution < 1.29 is 18.6 Å². The lowest BCUT2D eigenvalue weighted by atomic mass is 10.0. The number of hydrogen-bond acceptors (Lipinski definition) is 2. The number of aromatic hydroxyl groups is 1. The zero-order valence-corrected chi connectivity index (χ0v) is 13.2. The Morgan fingerprint density at radius 3 is 2.23 bits per heavy atom. The Labute approximate surface area is 129 Å². The first-order chi connectivity index (χ1) is 10.3. The number of rotatable bonds is 4. The van der Waals surface area contributed by atoms with Gasteiger partial charge in [0.2, 0.25) is 0 Å². The first-order valence-electron chi connectivity index (χ1n) is 7.30. The van der Waals surface area contributed by atoms with Crippen LogP contribution in [-0.4, -0.2) is 5.11 Å². The number of phenols is 1. The first-order valence-corrected chi connectivity index (χ1v) is 7.30. The van der Waals surface area contributed by atoms with Gasteiger partial charge in [0.15, 0.2) is 11.5 Å². The predicted molar refractivity (Wildman–Crippen MR) is 82.7 cm³/mol. The molecule has 0 radical (unpaired) electrons. The van der Waals surface area contributed by atoms with Gasteiger partial charge in [-0.1, -0.05) is 33.8 Å². The minimum absolute atomic E-state index is 0.00352. The fraction of sp³-hybridized carbons (Fsp3) is 0.333. The van der Waals surface area contributed by atoms with Crippen molar-refractivity contribution in [3.63, 3.8) is 0 Å². The second kappa shape index (κ2) is 6.34. The molecule has 22 heavy (non-hydrogen) atoms. The molecule has 2 nitrogen and oxygen atoms in total. The minimum atomic E-state index is -0.501. The monoisotopic (exact) mass is 306 g/mol. The van der Waals surface area contributed by atoms with E-state index < -0.39 is 5.82 Å². The smallest absolute Gasteiger partial charge is 0.172 e. The van der Waals surface area contributed by atoms with Crippen molar-refractivity contribution in [2.45, 2.75) is 39.5 Å². The van der Waals surface area contributed by atoms with Crippen LogP contribution in [0.3, 0.4) is 0 Å². The van der Waals surface area contributed by atoms with Gasteiger partial charge in [-0.05, 0) is 30.0 Å². The minimum Gasteiger partial charge on any atom is -0.504 e. The summed E-state index contributed by atoms with van der Waals surface area (Å²) in [6.45, 7) is 7.38. The summed E-state index contributed by atoms with van der Waals surface area (Å²) in [7, 11) is 0. The first kappa shape index (κ1) is 16.3. The second-order valence-electron chi connectivity index (χ2n) is 5.90. The number of halogens is 2. The molecule has 0 fully saturated rings. The molecular formula is C18H20F2O2. The maximum absolute atomic E-state index is 14.0. The van der Waals surface area contributed by atoms with Crippen molar-refractivity contribution in [3.8, 4) is 17.2 Å². The third kappa shape index (κ3) is 3.21. The van der Waals surface area contributed by atoms with Crippen LogP contribution >= 0.6 is 0 Å². The van der Waals surface area contributed by atoms with Gasteiger partial charge in [-0.15, -0.1) is 0 Å². The Morgan fingerprint density at radius 1 is 0.955 bits per heavy atom. The van der Waals surface area contributed by atoms with Crippen LogP contribution in [0, 0.1) is 11.6 Å². The van der Waals surface area contributed by atoms with E-state index in [1.54, 1.807) is 6.07 Å². The van der Waals surface area contributed by atoms with Crippen LogP contribution in [0.15, 0.2) is 30.3 Å². The van der Waals surface area contributed by atoms with Gasteiger partial charge in [-0.2, -0.15) is 0 Å². The number of ether oxygens (including phenoxy) is 1. The van der Waals surface area contributed by atoms with E-state index in [1.807, 2.05) is 27.7 Å². The quantitative estimate of drug-likeness (QED) is 0.784. The van der Waals surface area contributed by atoms with Gasteiger partial charge in [0.1, 0.15) is 17.4 Å². The van der Waals surface area contributed by atoms with Gasteiger partial charge in [0.05, 0.1) is 0 Å². The highest BCUT2D eigenvalue weighted by atomic mass is 19.1. The molecule has 0 saturated heterocycles. The third-order valence-corrected chi connectivity index (χ3v) is 3.50. The standard InChI is InChI=1S/C18H20F2O2/c1-10(2)13-8-12(19)9-16(18(13)21)22-15-7-5-6-14(20)17(15)11(3)4/h5-11,21H,1-4H3. The summed E-state index contributed by atoms with van der Waals surface area (Å²) >= 11 is 0. The molecule has 0 aliphatic carbocycles. The molecule has 2 rings (SSSR count). The van der Waals surface area contributed by atoms with E-state index in [9.17, 15) is 13.9 Å². The molecule has 2 aromatic carbocycles. The van der Waals surface area contributed by atoms with Gasteiger partial charge < -0.3 is 9.84 Å². The van der Waals surface area contributed by atoms with Crippen molar-refractivity contribution in [3.05, 3.63) is 53.1 Å². The van der Waals surface area contributed by atoms with Gasteiger partial charge in [0.25, 0.3) is 0 Å². The zero-order valence-electron chi connectivity index (χ0n) is 13.2. The summed E-state index contributed by atoms with van der Waals surface area (Å²) in [5.74, 6) is -0.879. The molecule has 0 amide bonds. The average Bonchev–Trinajstić information content (AvgIpc) is 2.41. The molecule has 0 aliphatic rings. The van der Waals surface area contributed by atoms with E-state index in [-0.39, 0.29) is 34.9 Å². The molecule has 118 valence electrons. The van der Waals surface area contributed by atoms with E-state index in [0.29, 0.717) is 11.1 Å². The Morgan fingerprint density at radius 2 is 1.64 bits per heavy atom. The molecule has 0 saturated carbocycles. The average molecular weight is 306 g/mol. The molecule has 0 spiro atoms. The molecule has 4 heteroatoms. The number of hydrogen-bond donors (Lipinski definition) is 1. The van der Waals surface area contributed by atoms with Crippen molar-refractivity contribution in [2.24, 2.45) is 0 Å². The highest BCUT2D eigenvalue weighted by molar-refractivity contribution is 5.50. The summed E-state index contributed by atoms with van der Waals surface area (Å²) in [5.41, 5.74) is 0.856. The predicted octanol–water partition coefficient (Wildman–Crippen LogP) is 5.71. The van der Waals surface area contributed by atoms with Gasteiger partial charge in [0, 0.05) is 17.2 Å². The van der Waals surface area contributed by atoms with Gasteiger partial charge >= 0.3 is 0 Å². The molecule has 0 bridgehead atoms. The normalized spacial score (nSPS) is 11.3. The van der Waals surface area contributed by atoms with Crippen molar-refractivity contribution in [1.29, 1.82) is 0 Å². The highest BCUT2D eigenvalue weighted by Gasteiger charge is 2.18. The topological polar surface area (TPSA) is 29.5 Å². The second-order valence-corrected chi connectivity index (χ2v) is 5.90. The van der Waals surface area contributed by atoms with E-state index in [1.165, 1.54) is 18.2 Å². The Bertz CT molecular complexity index is 679. The van der Waals surface area contributed by atoms with Crippen LogP contribution < -0.4 is 4.74 Å². The molecule has 0 aromatic heterocycles. The van der Waals surface area contributed by atoms with E-state index in [0.717, 1.165) is 6.07 Å².